The van der Waals surface area contributed by atoms with Gasteiger partial charge in [0.25, 0.3) is 0 Å². The highest BCUT2D eigenvalue weighted by Crippen LogP contribution is 2.40. The van der Waals surface area contributed by atoms with Crippen LogP contribution in [0.4, 0.5) is 9.18 Å². The van der Waals surface area contributed by atoms with E-state index in [9.17, 15) is 9.18 Å². The maximum Gasteiger partial charge on any atom is 0.411 e. The van der Waals surface area contributed by atoms with Gasteiger partial charge in [0, 0.05) is 19.4 Å². The second-order valence-electron chi connectivity index (χ2n) is 6.75. The minimum Gasteiger partial charge on any atom is -0.497 e. The topological polar surface area (TPSA) is 38.8 Å². The second-order valence-corrected chi connectivity index (χ2v) is 6.75. The van der Waals surface area contributed by atoms with Crippen molar-refractivity contribution in [3.8, 4) is 5.75 Å². The minimum atomic E-state index is -0.803. The fourth-order valence-corrected chi connectivity index (χ4v) is 3.53. The van der Waals surface area contributed by atoms with E-state index in [1.807, 2.05) is 31.2 Å². The number of carbonyl (C=O) groups excluding carboxylic acids is 1. The van der Waals surface area contributed by atoms with E-state index in [1.54, 1.807) is 30.2 Å². The van der Waals surface area contributed by atoms with E-state index in [-0.39, 0.29) is 18.0 Å². The molecule has 5 heteroatoms. The molecule has 0 bridgehead atoms. The van der Waals surface area contributed by atoms with Gasteiger partial charge in [-0.25, -0.2) is 9.18 Å². The zero-order valence-corrected chi connectivity index (χ0v) is 15.7. The third-order valence-corrected chi connectivity index (χ3v) is 5.18. The van der Waals surface area contributed by atoms with Crippen LogP contribution in [0.2, 0.25) is 0 Å². The summed E-state index contributed by atoms with van der Waals surface area (Å²) in [4.78, 5) is 14.5. The Hall–Kier alpha value is -2.82. The Morgan fingerprint density at radius 3 is 2.48 bits per heavy atom. The molecule has 1 saturated heterocycles. The van der Waals surface area contributed by atoms with Crippen LogP contribution in [0.1, 0.15) is 36.9 Å². The van der Waals surface area contributed by atoms with Crippen molar-refractivity contribution in [3.63, 3.8) is 0 Å². The van der Waals surface area contributed by atoms with Gasteiger partial charge in [-0.05, 0) is 42.3 Å². The highest BCUT2D eigenvalue weighted by atomic mass is 19.1. The predicted octanol–water partition coefficient (Wildman–Crippen LogP) is 5.21. The Kier molecular flexibility index (Phi) is 5.49. The van der Waals surface area contributed by atoms with Gasteiger partial charge in [-0.1, -0.05) is 30.3 Å². The van der Waals surface area contributed by atoms with Crippen LogP contribution < -0.4 is 4.74 Å². The Labute approximate surface area is 159 Å². The van der Waals surface area contributed by atoms with Crippen LogP contribution in [0, 0.1) is 5.82 Å². The molecular weight excluding hydrogens is 345 g/mol. The van der Waals surface area contributed by atoms with Crippen LogP contribution in [0.15, 0.2) is 61.2 Å². The van der Waals surface area contributed by atoms with Gasteiger partial charge in [0.2, 0.25) is 0 Å². The smallest absolute Gasteiger partial charge is 0.411 e. The lowest BCUT2D eigenvalue weighted by Gasteiger charge is -2.43. The first-order chi connectivity index (χ1) is 13.0. The van der Waals surface area contributed by atoms with Crippen LogP contribution in [0.3, 0.4) is 0 Å². The molecule has 4 nitrogen and oxygen atoms in total. The van der Waals surface area contributed by atoms with Gasteiger partial charge in [-0.3, -0.25) is 0 Å². The number of halogens is 1. The van der Waals surface area contributed by atoms with Crippen LogP contribution in [-0.2, 0) is 10.3 Å². The molecule has 0 aliphatic carbocycles. The molecule has 1 aliphatic rings. The number of ether oxygens (including phenoxy) is 2. The van der Waals surface area contributed by atoms with Crippen LogP contribution in [0.25, 0.3) is 0 Å². The molecule has 1 aliphatic heterocycles. The van der Waals surface area contributed by atoms with Crippen molar-refractivity contribution < 1.29 is 18.7 Å². The maximum atomic E-state index is 13.3. The molecule has 0 aromatic heterocycles. The molecule has 1 amide bonds. The fraction of sp³-hybridized carbons (Fsp3) is 0.318. The lowest BCUT2D eigenvalue weighted by Crippen LogP contribution is -2.48. The van der Waals surface area contributed by atoms with Gasteiger partial charge < -0.3 is 14.4 Å². The third-order valence-electron chi connectivity index (χ3n) is 5.18. The largest absolute Gasteiger partial charge is 0.497 e. The van der Waals surface area contributed by atoms with E-state index in [0.717, 1.165) is 16.9 Å². The first-order valence-corrected chi connectivity index (χ1v) is 8.99. The van der Waals surface area contributed by atoms with E-state index in [0.29, 0.717) is 19.4 Å². The summed E-state index contributed by atoms with van der Waals surface area (Å²) in [6, 6.07) is 13.6. The highest BCUT2D eigenvalue weighted by molar-refractivity contribution is 5.70. The monoisotopic (exact) mass is 369 g/mol. The Balaban J connectivity index is 1.80. The number of carbonyl (C=O) groups is 1. The Bertz CT molecular complexity index is 803. The summed E-state index contributed by atoms with van der Waals surface area (Å²) in [7, 11) is 1.62. The van der Waals surface area contributed by atoms with E-state index < -0.39 is 5.60 Å². The van der Waals surface area contributed by atoms with E-state index in [4.69, 9.17) is 9.47 Å². The predicted molar refractivity (Wildman–Crippen MR) is 102 cm³/mol. The number of hydrogen-bond acceptors (Lipinski definition) is 3. The molecule has 3 rings (SSSR count). The summed E-state index contributed by atoms with van der Waals surface area (Å²) in [6.45, 7) is 6.31. The van der Waals surface area contributed by atoms with E-state index >= 15 is 0 Å². The van der Waals surface area contributed by atoms with Gasteiger partial charge >= 0.3 is 6.09 Å². The Morgan fingerprint density at radius 2 is 1.93 bits per heavy atom. The number of cyclic esters (lactones) is 1. The number of nitrogens with zero attached hydrogens (tertiary/aromatic N) is 1. The molecular formula is C22H24FNO3. The number of hydrogen-bond donors (Lipinski definition) is 0. The average molecular weight is 369 g/mol. The number of amides is 1. The van der Waals surface area contributed by atoms with Crippen molar-refractivity contribution >= 4 is 6.09 Å². The molecule has 0 unspecified atom stereocenters. The van der Waals surface area contributed by atoms with Gasteiger partial charge in [-0.15, -0.1) is 6.58 Å². The zero-order chi connectivity index (χ0) is 19.4. The molecule has 2 aromatic rings. The Morgan fingerprint density at radius 1 is 1.26 bits per heavy atom. The molecule has 0 saturated carbocycles. The summed E-state index contributed by atoms with van der Waals surface area (Å²) >= 11 is 0. The van der Waals surface area contributed by atoms with Crippen LogP contribution in [-0.4, -0.2) is 24.6 Å². The molecule has 1 fully saturated rings. The molecule has 0 spiro atoms. The summed E-state index contributed by atoms with van der Waals surface area (Å²) in [5.74, 6) is 0.456. The molecule has 142 valence electrons. The first kappa shape index (κ1) is 19.0. The maximum absolute atomic E-state index is 13.3. The number of benzene rings is 2. The summed E-state index contributed by atoms with van der Waals surface area (Å²) in [5, 5.41) is 0. The lowest BCUT2D eigenvalue weighted by atomic mass is 9.85. The summed E-state index contributed by atoms with van der Waals surface area (Å²) in [5.41, 5.74) is 0.988. The summed E-state index contributed by atoms with van der Waals surface area (Å²) < 4.78 is 24.4. The molecule has 27 heavy (non-hydrogen) atoms. The van der Waals surface area contributed by atoms with Gasteiger partial charge in [0.05, 0.1) is 13.2 Å². The SMILES string of the molecule is C=CC[C@]1(c2ccc(F)cc2)CCN([C@@H](C)c2ccc(OC)cc2)C(=O)O1. The van der Waals surface area contributed by atoms with Crippen molar-refractivity contribution in [3.05, 3.63) is 78.1 Å². The molecule has 1 heterocycles. The average Bonchev–Trinajstić information content (AvgIpc) is 2.68. The molecule has 2 atom stereocenters. The molecule has 0 N–H and O–H groups in total. The van der Waals surface area contributed by atoms with Crippen molar-refractivity contribution in [2.24, 2.45) is 0 Å². The first-order valence-electron chi connectivity index (χ1n) is 8.99. The fourth-order valence-electron chi connectivity index (χ4n) is 3.53. The standard InChI is InChI=1S/C22H24FNO3/c1-4-13-22(18-7-9-19(23)10-8-18)14-15-24(21(25)27-22)16(2)17-5-11-20(26-3)12-6-17/h4-12,16H,1,13-15H2,2-3H3/t16-,22+/m0/s1. The van der Waals surface area contributed by atoms with Crippen LogP contribution in [0.5, 0.6) is 5.75 Å². The van der Waals surface area contributed by atoms with Gasteiger partial charge in [-0.2, -0.15) is 0 Å². The molecule has 2 aromatic carbocycles. The molecule has 0 radical (unpaired) electrons. The highest BCUT2D eigenvalue weighted by Gasteiger charge is 2.42. The van der Waals surface area contributed by atoms with Crippen molar-refractivity contribution in [1.29, 1.82) is 0 Å². The van der Waals surface area contributed by atoms with Crippen molar-refractivity contribution in [1.82, 2.24) is 4.90 Å². The van der Waals surface area contributed by atoms with E-state index in [2.05, 4.69) is 6.58 Å². The zero-order valence-electron chi connectivity index (χ0n) is 15.7. The second kappa shape index (κ2) is 7.82. The van der Waals surface area contributed by atoms with Crippen molar-refractivity contribution in [2.75, 3.05) is 13.7 Å². The number of methoxy groups -OCH3 is 1. The quantitative estimate of drug-likeness (QED) is 0.656. The van der Waals surface area contributed by atoms with Gasteiger partial charge in [0.15, 0.2) is 0 Å². The van der Waals surface area contributed by atoms with Crippen molar-refractivity contribution in [2.45, 2.75) is 31.4 Å². The third kappa shape index (κ3) is 3.82. The van der Waals surface area contributed by atoms with Crippen LogP contribution >= 0.6 is 0 Å². The van der Waals surface area contributed by atoms with E-state index in [1.165, 1.54) is 12.1 Å². The number of rotatable bonds is 6. The summed E-state index contributed by atoms with van der Waals surface area (Å²) in [6.07, 6.45) is 2.45. The lowest BCUT2D eigenvalue weighted by molar-refractivity contribution is -0.0588. The normalized spacial score (nSPS) is 20.7. The van der Waals surface area contributed by atoms with Gasteiger partial charge in [0.1, 0.15) is 17.2 Å². The minimum absolute atomic E-state index is 0.127.